The van der Waals surface area contributed by atoms with Crippen LogP contribution in [0.2, 0.25) is 0 Å². The van der Waals surface area contributed by atoms with E-state index >= 15 is 0 Å². The van der Waals surface area contributed by atoms with E-state index in [9.17, 15) is 5.11 Å². The van der Waals surface area contributed by atoms with Crippen molar-refractivity contribution in [3.63, 3.8) is 0 Å². The number of hydrogen-bond acceptors (Lipinski definition) is 3. The van der Waals surface area contributed by atoms with Crippen molar-refractivity contribution in [3.05, 3.63) is 60.1 Å². The minimum Gasteiger partial charge on any atom is -0.467 e. The van der Waals surface area contributed by atoms with Gasteiger partial charge in [-0.15, -0.1) is 0 Å². The van der Waals surface area contributed by atoms with Crippen molar-refractivity contribution < 1.29 is 9.52 Å². The summed E-state index contributed by atoms with van der Waals surface area (Å²) in [5, 5.41) is 13.1. The fraction of sp³-hybridized carbons (Fsp3) is 0.286. The number of aliphatic hydroxyl groups excluding tert-OH is 1. The molecule has 0 radical (unpaired) electrons. The second-order valence-corrected chi connectivity index (χ2v) is 4.07. The molecule has 0 amide bonds. The van der Waals surface area contributed by atoms with Gasteiger partial charge < -0.3 is 14.8 Å². The van der Waals surface area contributed by atoms with Crippen LogP contribution in [0.15, 0.2) is 53.1 Å². The van der Waals surface area contributed by atoms with Crippen LogP contribution in [0.3, 0.4) is 0 Å². The summed E-state index contributed by atoms with van der Waals surface area (Å²) >= 11 is 0. The van der Waals surface area contributed by atoms with Crippen molar-refractivity contribution >= 4 is 0 Å². The summed E-state index contributed by atoms with van der Waals surface area (Å²) in [6.07, 6.45) is 0.968. The molecule has 0 aliphatic heterocycles. The minimum atomic E-state index is -0.601. The lowest BCUT2D eigenvalue weighted by Gasteiger charge is -2.16. The fourth-order valence-electron chi connectivity index (χ4n) is 1.73. The van der Waals surface area contributed by atoms with Crippen LogP contribution < -0.4 is 5.32 Å². The van der Waals surface area contributed by atoms with Crippen LogP contribution >= 0.6 is 0 Å². The Kier molecular flexibility index (Phi) is 3.96. The van der Waals surface area contributed by atoms with E-state index < -0.39 is 6.10 Å². The van der Waals surface area contributed by atoms with Gasteiger partial charge in [-0.05, 0) is 24.6 Å². The maximum absolute atomic E-state index is 9.85. The van der Waals surface area contributed by atoms with Gasteiger partial charge in [-0.2, -0.15) is 0 Å². The molecular weight excluding hydrogens is 214 g/mol. The third-order valence-electron chi connectivity index (χ3n) is 2.79. The Hall–Kier alpha value is -1.58. The first kappa shape index (κ1) is 11.9. The molecule has 0 fully saturated rings. The molecule has 2 rings (SSSR count). The number of furan rings is 1. The molecule has 0 saturated heterocycles. The summed E-state index contributed by atoms with van der Waals surface area (Å²) in [5.74, 6) is 0.595. The molecule has 3 heteroatoms. The average Bonchev–Trinajstić information content (AvgIpc) is 2.90. The van der Waals surface area contributed by atoms with Gasteiger partial charge in [0.15, 0.2) is 0 Å². The summed E-state index contributed by atoms with van der Waals surface area (Å²) in [4.78, 5) is 0. The smallest absolute Gasteiger partial charge is 0.133 e. The Bertz CT molecular complexity index is 425. The average molecular weight is 231 g/mol. The third kappa shape index (κ3) is 3.19. The van der Waals surface area contributed by atoms with Gasteiger partial charge in [0.1, 0.15) is 11.9 Å². The maximum atomic E-state index is 9.85. The van der Waals surface area contributed by atoms with Gasteiger partial charge in [-0.25, -0.2) is 0 Å². The van der Waals surface area contributed by atoms with Gasteiger partial charge in [-0.3, -0.25) is 0 Å². The Balaban J connectivity index is 1.86. The largest absolute Gasteiger partial charge is 0.467 e. The molecule has 2 N–H and O–H groups in total. The van der Waals surface area contributed by atoms with E-state index in [4.69, 9.17) is 4.42 Å². The van der Waals surface area contributed by atoms with Gasteiger partial charge >= 0.3 is 0 Å². The molecule has 1 aromatic heterocycles. The Labute approximate surface area is 101 Å². The lowest BCUT2D eigenvalue weighted by molar-refractivity contribution is 0.144. The van der Waals surface area contributed by atoms with E-state index in [0.29, 0.717) is 12.3 Å². The van der Waals surface area contributed by atoms with Crippen LogP contribution in [0.25, 0.3) is 0 Å². The lowest BCUT2D eigenvalue weighted by atomic mass is 10.1. The molecule has 0 spiro atoms. The molecule has 90 valence electrons. The zero-order valence-corrected chi connectivity index (χ0v) is 9.84. The van der Waals surface area contributed by atoms with Crippen molar-refractivity contribution in [1.82, 2.24) is 5.32 Å². The first-order valence-electron chi connectivity index (χ1n) is 5.77. The molecule has 0 bridgehead atoms. The van der Waals surface area contributed by atoms with Crippen LogP contribution in [0, 0.1) is 0 Å². The van der Waals surface area contributed by atoms with Gasteiger partial charge in [-0.1, -0.05) is 30.3 Å². The molecule has 3 nitrogen and oxygen atoms in total. The highest BCUT2D eigenvalue weighted by molar-refractivity contribution is 5.18. The second-order valence-electron chi connectivity index (χ2n) is 4.07. The van der Waals surface area contributed by atoms with Crippen LogP contribution in [0.5, 0.6) is 0 Å². The highest BCUT2D eigenvalue weighted by Gasteiger charge is 2.12. The molecule has 2 atom stereocenters. The van der Waals surface area contributed by atoms with E-state index in [-0.39, 0.29) is 6.04 Å². The second kappa shape index (κ2) is 5.66. The fourth-order valence-corrected chi connectivity index (χ4v) is 1.73. The highest BCUT2D eigenvalue weighted by atomic mass is 16.4. The number of aliphatic hydroxyl groups is 1. The van der Waals surface area contributed by atoms with Crippen LogP contribution in [-0.4, -0.2) is 11.7 Å². The Morgan fingerprint density at radius 1 is 1.18 bits per heavy atom. The van der Waals surface area contributed by atoms with Gasteiger partial charge in [0.05, 0.1) is 6.26 Å². The van der Waals surface area contributed by atoms with Gasteiger partial charge in [0.2, 0.25) is 0 Å². The molecule has 0 aliphatic rings. The van der Waals surface area contributed by atoms with Crippen molar-refractivity contribution in [1.29, 1.82) is 0 Å². The monoisotopic (exact) mass is 231 g/mol. The zero-order chi connectivity index (χ0) is 12.1. The predicted molar refractivity (Wildman–Crippen MR) is 66.5 cm³/mol. The highest BCUT2D eigenvalue weighted by Crippen LogP contribution is 2.15. The molecule has 17 heavy (non-hydrogen) atoms. The molecule has 2 aromatic rings. The minimum absolute atomic E-state index is 0.209. The molecule has 0 aliphatic carbocycles. The van der Waals surface area contributed by atoms with E-state index in [2.05, 4.69) is 24.4 Å². The summed E-state index contributed by atoms with van der Waals surface area (Å²) in [5.41, 5.74) is 1.21. The number of nitrogens with one attached hydrogen (secondary N) is 1. The predicted octanol–water partition coefficient (Wildman–Crippen LogP) is 2.66. The van der Waals surface area contributed by atoms with E-state index in [1.807, 2.05) is 18.2 Å². The molecule has 1 unspecified atom stereocenters. The topological polar surface area (TPSA) is 45.4 Å². The first-order valence-corrected chi connectivity index (χ1v) is 5.77. The van der Waals surface area contributed by atoms with E-state index in [0.717, 1.165) is 0 Å². The van der Waals surface area contributed by atoms with Crippen LogP contribution in [0.1, 0.15) is 30.4 Å². The van der Waals surface area contributed by atoms with Crippen molar-refractivity contribution in [2.24, 2.45) is 0 Å². The third-order valence-corrected chi connectivity index (χ3v) is 2.79. The van der Waals surface area contributed by atoms with Crippen molar-refractivity contribution in [3.8, 4) is 0 Å². The van der Waals surface area contributed by atoms with Gasteiger partial charge in [0, 0.05) is 12.6 Å². The quantitative estimate of drug-likeness (QED) is 0.831. The number of benzene rings is 1. The molecule has 0 saturated carbocycles. The Morgan fingerprint density at radius 2 is 1.94 bits per heavy atom. The summed E-state index contributed by atoms with van der Waals surface area (Å²) in [7, 11) is 0. The van der Waals surface area contributed by atoms with Crippen LogP contribution in [-0.2, 0) is 0 Å². The lowest BCUT2D eigenvalue weighted by Crippen LogP contribution is -2.24. The molecule has 1 heterocycles. The van der Waals surface area contributed by atoms with Crippen LogP contribution in [0.4, 0.5) is 0 Å². The summed E-state index contributed by atoms with van der Waals surface area (Å²) < 4.78 is 5.14. The summed E-state index contributed by atoms with van der Waals surface area (Å²) in [6.45, 7) is 2.55. The number of hydrogen-bond donors (Lipinski definition) is 2. The van der Waals surface area contributed by atoms with Crippen molar-refractivity contribution in [2.75, 3.05) is 6.54 Å². The van der Waals surface area contributed by atoms with E-state index in [1.54, 1.807) is 18.4 Å². The SMILES string of the molecule is C[C@@H](NCC(O)c1ccco1)c1ccccc1. The zero-order valence-electron chi connectivity index (χ0n) is 9.84. The molecule has 1 aromatic carbocycles. The normalized spacial score (nSPS) is 14.5. The number of rotatable bonds is 5. The molecular formula is C14H17NO2. The maximum Gasteiger partial charge on any atom is 0.133 e. The Morgan fingerprint density at radius 3 is 2.59 bits per heavy atom. The summed E-state index contributed by atoms with van der Waals surface area (Å²) in [6, 6.07) is 13.9. The first-order chi connectivity index (χ1) is 8.27. The van der Waals surface area contributed by atoms with Gasteiger partial charge in [0.25, 0.3) is 0 Å². The van der Waals surface area contributed by atoms with Crippen molar-refractivity contribution in [2.45, 2.75) is 19.1 Å². The van der Waals surface area contributed by atoms with E-state index in [1.165, 1.54) is 5.56 Å². The standard InChI is InChI=1S/C14H17NO2/c1-11(12-6-3-2-4-7-12)15-10-13(16)14-8-5-9-17-14/h2-9,11,13,15-16H,10H2,1H3/t11-,13?/m1/s1.